The molecule has 0 bridgehead atoms. The minimum Gasteiger partial charge on any atom is -0.357 e. The van der Waals surface area contributed by atoms with Gasteiger partial charge in [-0.1, -0.05) is 30.3 Å². The van der Waals surface area contributed by atoms with Crippen LogP contribution < -0.4 is 5.32 Å². The number of hydrogen-bond acceptors (Lipinski definition) is 4. The lowest BCUT2D eigenvalue weighted by atomic mass is 10.2. The Bertz CT molecular complexity index is 469. The molecule has 1 saturated heterocycles. The highest BCUT2D eigenvalue weighted by molar-refractivity contribution is 7.13. The summed E-state index contributed by atoms with van der Waals surface area (Å²) in [6.07, 6.45) is 3.05. The van der Waals surface area contributed by atoms with E-state index in [1.165, 1.54) is 12.0 Å². The van der Waals surface area contributed by atoms with Gasteiger partial charge in [-0.15, -0.1) is 11.3 Å². The Morgan fingerprint density at radius 2 is 2.22 bits per heavy atom. The van der Waals surface area contributed by atoms with Crippen LogP contribution in [-0.2, 0) is 6.54 Å². The van der Waals surface area contributed by atoms with Gasteiger partial charge in [0.1, 0.15) is 0 Å². The lowest BCUT2D eigenvalue weighted by Gasteiger charge is -2.16. The zero-order valence-corrected chi connectivity index (χ0v) is 11.1. The van der Waals surface area contributed by atoms with Crippen molar-refractivity contribution in [2.75, 3.05) is 18.4 Å². The zero-order valence-electron chi connectivity index (χ0n) is 10.2. The number of anilines is 1. The Labute approximate surface area is 111 Å². The maximum atomic E-state index is 4.28. The second-order valence-corrected chi connectivity index (χ2v) is 5.58. The molecule has 1 atom stereocenters. The number of benzene rings is 1. The topological polar surface area (TPSA) is 28.2 Å². The average Bonchev–Trinajstić information content (AvgIpc) is 3.03. The van der Waals surface area contributed by atoms with Crippen molar-refractivity contribution in [1.29, 1.82) is 0 Å². The quantitative estimate of drug-likeness (QED) is 0.915. The van der Waals surface area contributed by atoms with Crippen LogP contribution in [0.4, 0.5) is 5.13 Å². The second-order valence-electron chi connectivity index (χ2n) is 4.69. The third-order valence-corrected chi connectivity index (χ3v) is 3.99. The van der Waals surface area contributed by atoms with E-state index in [-0.39, 0.29) is 0 Å². The van der Waals surface area contributed by atoms with E-state index >= 15 is 0 Å². The number of rotatable bonds is 4. The number of nitrogens with zero attached hydrogens (tertiary/aromatic N) is 2. The lowest BCUT2D eigenvalue weighted by molar-refractivity contribution is 0.328. The molecule has 18 heavy (non-hydrogen) atoms. The first-order valence-electron chi connectivity index (χ1n) is 6.32. The predicted molar refractivity (Wildman–Crippen MR) is 75.9 cm³/mol. The molecule has 1 unspecified atom stereocenters. The zero-order chi connectivity index (χ0) is 12.2. The summed E-state index contributed by atoms with van der Waals surface area (Å²) in [5.41, 5.74) is 1.40. The maximum absolute atomic E-state index is 4.28. The van der Waals surface area contributed by atoms with Gasteiger partial charge in [0.2, 0.25) is 0 Å². The van der Waals surface area contributed by atoms with Gasteiger partial charge in [0.05, 0.1) is 0 Å². The van der Waals surface area contributed by atoms with Crippen molar-refractivity contribution in [1.82, 2.24) is 9.88 Å². The molecule has 1 fully saturated rings. The fraction of sp³-hybridized carbons (Fsp3) is 0.357. The van der Waals surface area contributed by atoms with Crippen LogP contribution in [0.2, 0.25) is 0 Å². The van der Waals surface area contributed by atoms with Gasteiger partial charge in [-0.3, -0.25) is 4.90 Å². The van der Waals surface area contributed by atoms with Gasteiger partial charge < -0.3 is 5.32 Å². The molecule has 3 nitrogen and oxygen atoms in total. The molecule has 0 radical (unpaired) electrons. The minimum atomic E-state index is 0.542. The summed E-state index contributed by atoms with van der Waals surface area (Å²) < 4.78 is 0. The largest absolute Gasteiger partial charge is 0.357 e. The molecule has 1 N–H and O–H groups in total. The molecule has 94 valence electrons. The molecule has 4 heteroatoms. The molecular formula is C14H17N3S. The number of nitrogens with one attached hydrogen (secondary N) is 1. The Morgan fingerprint density at radius 1 is 1.33 bits per heavy atom. The van der Waals surface area contributed by atoms with Crippen molar-refractivity contribution in [2.45, 2.75) is 19.0 Å². The SMILES string of the molecule is c1ccc(CN2CCC(Nc3nccs3)C2)cc1. The van der Waals surface area contributed by atoms with Crippen LogP contribution in [-0.4, -0.2) is 29.0 Å². The van der Waals surface area contributed by atoms with Crippen molar-refractivity contribution in [3.8, 4) is 0 Å². The summed E-state index contributed by atoms with van der Waals surface area (Å²) >= 11 is 1.67. The summed E-state index contributed by atoms with van der Waals surface area (Å²) in [6, 6.07) is 11.2. The highest BCUT2D eigenvalue weighted by Crippen LogP contribution is 2.19. The fourth-order valence-electron chi connectivity index (χ4n) is 2.41. The molecule has 0 aliphatic carbocycles. The first-order chi connectivity index (χ1) is 8.90. The van der Waals surface area contributed by atoms with Gasteiger partial charge >= 0.3 is 0 Å². The Kier molecular flexibility index (Phi) is 3.57. The predicted octanol–water partition coefficient (Wildman–Crippen LogP) is 2.83. The number of likely N-dealkylation sites (tertiary alicyclic amines) is 1. The number of aromatic nitrogens is 1. The third kappa shape index (κ3) is 2.89. The van der Waals surface area contributed by atoms with E-state index in [4.69, 9.17) is 0 Å². The minimum absolute atomic E-state index is 0.542. The molecular weight excluding hydrogens is 242 g/mol. The second kappa shape index (κ2) is 5.50. The molecule has 1 aromatic carbocycles. The third-order valence-electron chi connectivity index (χ3n) is 3.28. The maximum Gasteiger partial charge on any atom is 0.182 e. The van der Waals surface area contributed by atoms with Crippen LogP contribution in [0.5, 0.6) is 0 Å². The van der Waals surface area contributed by atoms with Gasteiger partial charge in [-0.25, -0.2) is 4.98 Å². The van der Waals surface area contributed by atoms with Gasteiger partial charge in [0.25, 0.3) is 0 Å². The highest BCUT2D eigenvalue weighted by atomic mass is 32.1. The molecule has 0 saturated carbocycles. The molecule has 0 amide bonds. The first kappa shape index (κ1) is 11.7. The molecule has 1 aromatic heterocycles. The normalized spacial score (nSPS) is 20.1. The van der Waals surface area contributed by atoms with Crippen LogP contribution in [0.15, 0.2) is 41.9 Å². The molecule has 1 aliphatic heterocycles. The van der Waals surface area contributed by atoms with Crippen molar-refractivity contribution < 1.29 is 0 Å². The molecule has 3 rings (SSSR count). The first-order valence-corrected chi connectivity index (χ1v) is 7.20. The van der Waals surface area contributed by atoms with Crippen LogP contribution in [0.3, 0.4) is 0 Å². The van der Waals surface area contributed by atoms with Crippen molar-refractivity contribution in [3.63, 3.8) is 0 Å². The Balaban J connectivity index is 1.52. The average molecular weight is 259 g/mol. The van der Waals surface area contributed by atoms with Crippen molar-refractivity contribution in [3.05, 3.63) is 47.5 Å². The molecule has 2 aromatic rings. The molecule has 2 heterocycles. The lowest BCUT2D eigenvalue weighted by Crippen LogP contribution is -2.25. The van der Waals surface area contributed by atoms with Crippen LogP contribution in [0.1, 0.15) is 12.0 Å². The monoisotopic (exact) mass is 259 g/mol. The van der Waals surface area contributed by atoms with E-state index in [9.17, 15) is 0 Å². The Morgan fingerprint density at radius 3 is 3.00 bits per heavy atom. The van der Waals surface area contributed by atoms with E-state index in [2.05, 4.69) is 45.5 Å². The van der Waals surface area contributed by atoms with Crippen molar-refractivity contribution in [2.24, 2.45) is 0 Å². The smallest absolute Gasteiger partial charge is 0.182 e. The highest BCUT2D eigenvalue weighted by Gasteiger charge is 2.22. The van der Waals surface area contributed by atoms with Crippen LogP contribution in [0.25, 0.3) is 0 Å². The molecule has 1 aliphatic rings. The van der Waals surface area contributed by atoms with E-state index in [1.54, 1.807) is 11.3 Å². The van der Waals surface area contributed by atoms with Gasteiger partial charge in [0, 0.05) is 37.3 Å². The summed E-state index contributed by atoms with van der Waals surface area (Å²) in [7, 11) is 0. The summed E-state index contributed by atoms with van der Waals surface area (Å²) in [5, 5.41) is 6.56. The van der Waals surface area contributed by atoms with Crippen LogP contribution in [0, 0.1) is 0 Å². The standard InChI is InChI=1S/C14H17N3S/c1-2-4-12(5-3-1)10-17-8-6-13(11-17)16-14-15-7-9-18-14/h1-5,7,9,13H,6,8,10-11H2,(H,15,16). The van der Waals surface area contributed by atoms with Gasteiger partial charge in [-0.05, 0) is 12.0 Å². The van der Waals surface area contributed by atoms with Crippen LogP contribution >= 0.6 is 11.3 Å². The van der Waals surface area contributed by atoms with Gasteiger partial charge in [-0.2, -0.15) is 0 Å². The number of thiazole rings is 1. The van der Waals surface area contributed by atoms with E-state index in [1.807, 2.05) is 11.6 Å². The van der Waals surface area contributed by atoms with Crippen molar-refractivity contribution >= 4 is 16.5 Å². The summed E-state index contributed by atoms with van der Waals surface area (Å²) in [4.78, 5) is 6.78. The van der Waals surface area contributed by atoms with E-state index in [0.717, 1.165) is 24.8 Å². The number of hydrogen-bond donors (Lipinski definition) is 1. The summed E-state index contributed by atoms with van der Waals surface area (Å²) in [6.45, 7) is 3.32. The fourth-order valence-corrected chi connectivity index (χ4v) is 3.01. The van der Waals surface area contributed by atoms with E-state index < -0.39 is 0 Å². The molecule has 0 spiro atoms. The van der Waals surface area contributed by atoms with E-state index in [0.29, 0.717) is 6.04 Å². The summed E-state index contributed by atoms with van der Waals surface area (Å²) in [5.74, 6) is 0. The Hall–Kier alpha value is -1.39. The van der Waals surface area contributed by atoms with Gasteiger partial charge in [0.15, 0.2) is 5.13 Å².